The maximum absolute atomic E-state index is 11.9. The monoisotopic (exact) mass is 256 g/mol. The molecule has 0 amide bonds. The largest absolute Gasteiger partial charge is 0.515 e. The van der Waals surface area contributed by atoms with Crippen molar-refractivity contribution in [2.24, 2.45) is 0 Å². The van der Waals surface area contributed by atoms with E-state index >= 15 is 0 Å². The second-order valence-electron chi connectivity index (χ2n) is 5.91. The van der Waals surface area contributed by atoms with Crippen molar-refractivity contribution in [2.45, 2.75) is 71.5 Å². The zero-order valence-electron chi connectivity index (χ0n) is 12.4. The van der Waals surface area contributed by atoms with Gasteiger partial charge in [0.05, 0.1) is 0 Å². The Morgan fingerprint density at radius 1 is 1.18 bits per heavy atom. The Hall–Kier alpha value is -0.573. The highest BCUT2D eigenvalue weighted by Gasteiger charge is 2.47. The molecular formula is C14H28O2Si. The Labute approximate surface area is 108 Å². The van der Waals surface area contributed by atoms with E-state index in [0.717, 1.165) is 24.9 Å². The van der Waals surface area contributed by atoms with E-state index in [1.807, 2.05) is 0 Å². The molecule has 0 saturated heterocycles. The molecule has 0 heterocycles. The van der Waals surface area contributed by atoms with Gasteiger partial charge in [-0.3, -0.25) is 0 Å². The van der Waals surface area contributed by atoms with Gasteiger partial charge in [-0.25, -0.2) is 4.79 Å². The molecule has 0 aromatic carbocycles. The smallest absolute Gasteiger partial charge is 0.319 e. The van der Waals surface area contributed by atoms with Crippen molar-refractivity contribution in [3.63, 3.8) is 0 Å². The SMILES string of the molecule is C=C(C)C(=O)O[Si](CCC)(CCC)C(C)(C)C. The fraction of sp³-hybridized carbons (Fsp3) is 0.786. The molecule has 0 bridgehead atoms. The van der Waals surface area contributed by atoms with E-state index in [1.54, 1.807) is 6.92 Å². The summed E-state index contributed by atoms with van der Waals surface area (Å²) in [7, 11) is -2.03. The third-order valence-corrected chi connectivity index (χ3v) is 9.24. The lowest BCUT2D eigenvalue weighted by molar-refractivity contribution is -0.131. The quantitative estimate of drug-likeness (QED) is 0.510. The van der Waals surface area contributed by atoms with Gasteiger partial charge < -0.3 is 4.43 Å². The minimum Gasteiger partial charge on any atom is -0.515 e. The fourth-order valence-electron chi connectivity index (χ4n) is 2.20. The average Bonchev–Trinajstić information content (AvgIpc) is 2.16. The lowest BCUT2D eigenvalue weighted by atomic mass is 10.2. The highest BCUT2D eigenvalue weighted by molar-refractivity contribution is 6.78. The first-order valence-electron chi connectivity index (χ1n) is 6.59. The molecule has 0 radical (unpaired) electrons. The van der Waals surface area contributed by atoms with Crippen LogP contribution >= 0.6 is 0 Å². The van der Waals surface area contributed by atoms with Crippen molar-refractivity contribution >= 4 is 14.3 Å². The van der Waals surface area contributed by atoms with Crippen LogP contribution in [0.1, 0.15) is 54.4 Å². The Balaban J connectivity index is 5.17. The summed E-state index contributed by atoms with van der Waals surface area (Å²) in [6.45, 7) is 16.4. The summed E-state index contributed by atoms with van der Waals surface area (Å²) in [5.41, 5.74) is 0.512. The molecule has 3 heteroatoms. The van der Waals surface area contributed by atoms with E-state index < -0.39 is 8.32 Å². The van der Waals surface area contributed by atoms with Crippen LogP contribution in [-0.4, -0.2) is 14.3 Å². The third kappa shape index (κ3) is 4.30. The number of rotatable bonds is 6. The van der Waals surface area contributed by atoms with Crippen LogP contribution in [-0.2, 0) is 9.22 Å². The normalized spacial score (nSPS) is 12.4. The number of hydrogen-bond acceptors (Lipinski definition) is 2. The summed E-state index contributed by atoms with van der Waals surface area (Å²) >= 11 is 0. The topological polar surface area (TPSA) is 26.3 Å². The van der Waals surface area contributed by atoms with Gasteiger partial charge in [-0.15, -0.1) is 0 Å². The predicted octanol–water partition coefficient (Wildman–Crippen LogP) is 4.67. The molecule has 17 heavy (non-hydrogen) atoms. The predicted molar refractivity (Wildman–Crippen MR) is 76.6 cm³/mol. The van der Waals surface area contributed by atoms with E-state index in [0.29, 0.717) is 5.57 Å². The van der Waals surface area contributed by atoms with Crippen LogP contribution in [0.5, 0.6) is 0 Å². The van der Waals surface area contributed by atoms with Crippen molar-refractivity contribution in [2.75, 3.05) is 0 Å². The minimum atomic E-state index is -2.03. The Kier molecular flexibility index (Phi) is 6.17. The van der Waals surface area contributed by atoms with Crippen LogP contribution in [0.15, 0.2) is 12.2 Å². The van der Waals surface area contributed by atoms with Gasteiger partial charge >= 0.3 is 5.97 Å². The molecule has 0 fully saturated rings. The molecule has 0 aromatic rings. The Bertz CT molecular complexity index is 270. The highest BCUT2D eigenvalue weighted by Crippen LogP contribution is 2.44. The van der Waals surface area contributed by atoms with Gasteiger partial charge in [-0.05, 0) is 24.1 Å². The molecule has 0 saturated carbocycles. The van der Waals surface area contributed by atoms with Gasteiger partial charge in [-0.2, -0.15) is 0 Å². The van der Waals surface area contributed by atoms with Crippen LogP contribution in [0.3, 0.4) is 0 Å². The van der Waals surface area contributed by atoms with E-state index in [-0.39, 0.29) is 11.0 Å². The van der Waals surface area contributed by atoms with Crippen LogP contribution in [0, 0.1) is 0 Å². The molecule has 0 unspecified atom stereocenters. The maximum Gasteiger partial charge on any atom is 0.319 e. The first-order valence-corrected chi connectivity index (χ1v) is 8.91. The molecule has 0 aliphatic heterocycles. The average molecular weight is 256 g/mol. The van der Waals surface area contributed by atoms with E-state index in [4.69, 9.17) is 4.43 Å². The molecular weight excluding hydrogens is 228 g/mol. The molecule has 0 aliphatic rings. The molecule has 2 nitrogen and oxygen atoms in total. The Morgan fingerprint density at radius 3 is 1.82 bits per heavy atom. The highest BCUT2D eigenvalue weighted by atomic mass is 28.4. The summed E-state index contributed by atoms with van der Waals surface area (Å²) < 4.78 is 5.95. The third-order valence-electron chi connectivity index (χ3n) is 3.31. The Morgan fingerprint density at radius 2 is 1.59 bits per heavy atom. The summed E-state index contributed by atoms with van der Waals surface area (Å²) in [6, 6.07) is 2.09. The van der Waals surface area contributed by atoms with Crippen molar-refractivity contribution in [3.8, 4) is 0 Å². The van der Waals surface area contributed by atoms with E-state index in [2.05, 4.69) is 41.2 Å². The second kappa shape index (κ2) is 6.38. The van der Waals surface area contributed by atoms with Gasteiger partial charge in [0.1, 0.15) is 0 Å². The van der Waals surface area contributed by atoms with Crippen LogP contribution < -0.4 is 0 Å². The summed E-state index contributed by atoms with van der Waals surface area (Å²) in [4.78, 5) is 11.9. The maximum atomic E-state index is 11.9. The van der Waals surface area contributed by atoms with E-state index in [1.165, 1.54) is 0 Å². The molecule has 0 spiro atoms. The van der Waals surface area contributed by atoms with Gasteiger partial charge in [0, 0.05) is 5.57 Å². The molecule has 0 N–H and O–H groups in total. The first kappa shape index (κ1) is 16.4. The van der Waals surface area contributed by atoms with Crippen LogP contribution in [0.25, 0.3) is 0 Å². The fourth-order valence-corrected chi connectivity index (χ4v) is 6.61. The molecule has 0 rings (SSSR count). The van der Waals surface area contributed by atoms with Gasteiger partial charge in [-0.1, -0.05) is 54.0 Å². The first-order chi connectivity index (χ1) is 7.70. The standard InChI is InChI=1S/C14H28O2Si/c1-8-10-17(11-9-2,14(5,6)7)16-13(15)12(3)4/h3,8-11H2,1-2,4-7H3. The number of hydrogen-bond donors (Lipinski definition) is 0. The minimum absolute atomic E-state index is 0.0874. The molecule has 100 valence electrons. The zero-order valence-corrected chi connectivity index (χ0v) is 13.4. The van der Waals surface area contributed by atoms with Crippen molar-refractivity contribution in [3.05, 3.63) is 12.2 Å². The van der Waals surface area contributed by atoms with Crippen molar-refractivity contribution in [1.29, 1.82) is 0 Å². The van der Waals surface area contributed by atoms with Gasteiger partial charge in [0.25, 0.3) is 8.32 Å². The van der Waals surface area contributed by atoms with Crippen LogP contribution in [0.2, 0.25) is 17.1 Å². The molecule has 0 aromatic heterocycles. The molecule has 0 aliphatic carbocycles. The zero-order chi connectivity index (χ0) is 13.7. The van der Waals surface area contributed by atoms with Gasteiger partial charge in [0.15, 0.2) is 0 Å². The number of carbonyl (C=O) groups excluding carboxylic acids is 1. The lowest BCUT2D eigenvalue weighted by Crippen LogP contribution is -2.48. The summed E-state index contributed by atoms with van der Waals surface area (Å²) in [6.07, 6.45) is 2.15. The summed E-state index contributed by atoms with van der Waals surface area (Å²) in [5, 5.41) is 0.0874. The van der Waals surface area contributed by atoms with Crippen molar-refractivity contribution < 1.29 is 9.22 Å². The van der Waals surface area contributed by atoms with Crippen molar-refractivity contribution in [1.82, 2.24) is 0 Å². The summed E-state index contributed by atoms with van der Waals surface area (Å²) in [5.74, 6) is -0.200. The molecule has 0 atom stereocenters. The van der Waals surface area contributed by atoms with E-state index in [9.17, 15) is 4.79 Å². The lowest BCUT2D eigenvalue weighted by Gasteiger charge is -2.41. The second-order valence-corrected chi connectivity index (χ2v) is 10.6. The van der Waals surface area contributed by atoms with Gasteiger partial charge in [0.2, 0.25) is 0 Å². The number of carbonyl (C=O) groups is 1. The van der Waals surface area contributed by atoms with Crippen LogP contribution in [0.4, 0.5) is 0 Å².